The van der Waals surface area contributed by atoms with Crippen molar-refractivity contribution in [2.75, 3.05) is 18.0 Å². The molecule has 0 spiro atoms. The molecule has 7 nitrogen and oxygen atoms in total. The molecule has 1 aliphatic heterocycles. The second kappa shape index (κ2) is 6.57. The van der Waals surface area contributed by atoms with E-state index in [4.69, 9.17) is 0 Å². The maximum atomic E-state index is 12.3. The summed E-state index contributed by atoms with van der Waals surface area (Å²) >= 11 is 0. The number of hydrogen-bond donors (Lipinski definition) is 1. The number of nitrogens with one attached hydrogen (secondary N) is 1. The third-order valence-electron chi connectivity index (χ3n) is 4.79. The van der Waals surface area contributed by atoms with Crippen LogP contribution >= 0.6 is 0 Å². The lowest BCUT2D eigenvalue weighted by Crippen LogP contribution is -2.57. The number of nitriles is 1. The fourth-order valence-electron chi connectivity index (χ4n) is 3.23. The van der Waals surface area contributed by atoms with E-state index >= 15 is 0 Å². The van der Waals surface area contributed by atoms with E-state index in [1.807, 2.05) is 0 Å². The lowest BCUT2D eigenvalue weighted by Gasteiger charge is -2.40. The molecule has 0 amide bonds. The van der Waals surface area contributed by atoms with Gasteiger partial charge >= 0.3 is 5.69 Å². The topological polar surface area (TPSA) is 86.8 Å². The van der Waals surface area contributed by atoms with Gasteiger partial charge in [-0.05, 0) is 25.0 Å². The summed E-state index contributed by atoms with van der Waals surface area (Å²) in [5, 5.41) is 12.7. The zero-order chi connectivity index (χ0) is 17.3. The molecule has 1 aliphatic rings. The first-order valence-corrected chi connectivity index (χ1v) is 8.36. The molecule has 24 heavy (non-hydrogen) atoms. The molecule has 3 rings (SSSR count). The largest absolute Gasteiger partial charge is 0.349 e. The smallest absolute Gasteiger partial charge is 0.349 e. The van der Waals surface area contributed by atoms with Crippen LogP contribution in [0.1, 0.15) is 32.4 Å². The number of aryl methyl sites for hydroxylation is 1. The second-order valence-electron chi connectivity index (χ2n) is 6.18. The molecule has 0 aliphatic carbocycles. The summed E-state index contributed by atoms with van der Waals surface area (Å²) in [5.41, 5.74) is 1.35. The summed E-state index contributed by atoms with van der Waals surface area (Å²) in [6.07, 6.45) is 1.95. The van der Waals surface area contributed by atoms with E-state index in [1.54, 1.807) is 19.2 Å². The Hall–Kier alpha value is -2.46. The van der Waals surface area contributed by atoms with Gasteiger partial charge in [0.15, 0.2) is 5.82 Å². The Morgan fingerprint density at radius 2 is 2.12 bits per heavy atom. The maximum Gasteiger partial charge on any atom is 0.349 e. The van der Waals surface area contributed by atoms with E-state index in [1.165, 1.54) is 4.57 Å². The van der Waals surface area contributed by atoms with Gasteiger partial charge in [0, 0.05) is 32.2 Å². The normalized spacial score (nSPS) is 21.0. The number of anilines is 1. The molecule has 0 bridgehead atoms. The predicted molar refractivity (Wildman–Crippen MR) is 93.0 cm³/mol. The number of hydrogen-bond acceptors (Lipinski definition) is 6. The van der Waals surface area contributed by atoms with Crippen LogP contribution in [0.5, 0.6) is 0 Å². The first-order chi connectivity index (χ1) is 11.6. The van der Waals surface area contributed by atoms with Gasteiger partial charge in [-0.1, -0.05) is 13.8 Å². The quantitative estimate of drug-likeness (QED) is 0.911. The van der Waals surface area contributed by atoms with E-state index in [9.17, 15) is 10.1 Å². The van der Waals surface area contributed by atoms with Crippen LogP contribution in [-0.2, 0) is 7.05 Å². The van der Waals surface area contributed by atoms with E-state index in [2.05, 4.69) is 40.1 Å². The first-order valence-electron chi connectivity index (χ1n) is 8.36. The van der Waals surface area contributed by atoms with Crippen LogP contribution in [0.15, 0.2) is 16.9 Å². The van der Waals surface area contributed by atoms with Crippen LogP contribution in [0.2, 0.25) is 0 Å². The molecule has 0 unspecified atom stereocenters. The van der Waals surface area contributed by atoms with Crippen molar-refractivity contribution in [3.63, 3.8) is 0 Å². The second-order valence-corrected chi connectivity index (χ2v) is 6.18. The van der Waals surface area contributed by atoms with Crippen molar-refractivity contribution < 1.29 is 0 Å². The monoisotopic (exact) mass is 326 g/mol. The van der Waals surface area contributed by atoms with E-state index < -0.39 is 0 Å². The highest BCUT2D eigenvalue weighted by Gasteiger charge is 2.29. The van der Waals surface area contributed by atoms with Crippen molar-refractivity contribution in [1.29, 1.82) is 5.26 Å². The molecular weight excluding hydrogens is 304 g/mol. The Morgan fingerprint density at radius 1 is 1.33 bits per heavy atom. The van der Waals surface area contributed by atoms with Crippen molar-refractivity contribution in [2.24, 2.45) is 7.05 Å². The zero-order valence-corrected chi connectivity index (χ0v) is 14.3. The van der Waals surface area contributed by atoms with Crippen molar-refractivity contribution in [3.8, 4) is 6.07 Å². The minimum Gasteiger partial charge on any atom is -0.349 e. The number of rotatable bonds is 3. The van der Waals surface area contributed by atoms with Crippen LogP contribution in [0.25, 0.3) is 11.0 Å². The van der Waals surface area contributed by atoms with Crippen LogP contribution in [0.4, 0.5) is 5.82 Å². The number of piperazine rings is 1. The summed E-state index contributed by atoms with van der Waals surface area (Å²) in [7, 11) is 1.68. The molecule has 0 aromatic carbocycles. The molecule has 0 radical (unpaired) electrons. The molecule has 126 valence electrons. The van der Waals surface area contributed by atoms with Gasteiger partial charge in [0.2, 0.25) is 0 Å². The molecule has 1 N–H and O–H groups in total. The molecule has 2 aromatic rings. The molecule has 2 aromatic heterocycles. The highest BCUT2D eigenvalue weighted by Crippen LogP contribution is 2.26. The van der Waals surface area contributed by atoms with Gasteiger partial charge in [-0.3, -0.25) is 4.57 Å². The van der Waals surface area contributed by atoms with Crippen molar-refractivity contribution in [2.45, 2.75) is 38.8 Å². The SMILES string of the molecule is CC[C@@H]1CN(c2nc(=O)n(C)c3ccc(C#N)nc23)[C@@H](CC)CN1. The summed E-state index contributed by atoms with van der Waals surface area (Å²) in [6, 6.07) is 6.08. The highest BCUT2D eigenvalue weighted by atomic mass is 16.1. The maximum absolute atomic E-state index is 12.3. The Bertz CT molecular complexity index is 853. The summed E-state index contributed by atoms with van der Waals surface area (Å²) in [4.78, 5) is 23.2. The van der Waals surface area contributed by atoms with Gasteiger partial charge in [-0.15, -0.1) is 0 Å². The molecule has 0 saturated carbocycles. The number of nitrogens with zero attached hydrogens (tertiary/aromatic N) is 5. The highest BCUT2D eigenvalue weighted by molar-refractivity contribution is 5.86. The number of aromatic nitrogens is 3. The number of fused-ring (bicyclic) bond motifs is 1. The zero-order valence-electron chi connectivity index (χ0n) is 14.3. The lowest BCUT2D eigenvalue weighted by molar-refractivity contribution is 0.377. The molecule has 2 atom stereocenters. The molecule has 3 heterocycles. The standard InChI is InChI=1S/C17H22N6O/c1-4-11-10-23(13(5-2)9-19-11)16-15-14(22(3)17(24)21-16)7-6-12(8-18)20-15/h6-7,11,13,19H,4-5,9-10H2,1-3H3/t11-,13+/m1/s1. The molecular formula is C17H22N6O. The Balaban J connectivity index is 2.21. The summed E-state index contributed by atoms with van der Waals surface area (Å²) in [5.74, 6) is 0.594. The summed E-state index contributed by atoms with van der Waals surface area (Å²) < 4.78 is 1.48. The molecule has 7 heteroatoms. The minimum atomic E-state index is -0.301. The van der Waals surface area contributed by atoms with Gasteiger partial charge in [0.1, 0.15) is 17.3 Å². The van der Waals surface area contributed by atoms with Crippen LogP contribution < -0.4 is 15.9 Å². The molecule has 1 saturated heterocycles. The van der Waals surface area contributed by atoms with Crippen LogP contribution in [-0.4, -0.2) is 39.7 Å². The van der Waals surface area contributed by atoms with E-state index in [0.29, 0.717) is 28.6 Å². The average Bonchev–Trinajstić information content (AvgIpc) is 2.63. The molecule has 1 fully saturated rings. The Labute approximate surface area is 140 Å². The van der Waals surface area contributed by atoms with Gasteiger partial charge in [-0.2, -0.15) is 10.2 Å². The lowest BCUT2D eigenvalue weighted by atomic mass is 10.0. The van der Waals surface area contributed by atoms with E-state index in [0.717, 1.165) is 25.9 Å². The number of pyridine rings is 1. The van der Waals surface area contributed by atoms with Gasteiger partial charge in [0.05, 0.1) is 5.52 Å². The van der Waals surface area contributed by atoms with Crippen LogP contribution in [0, 0.1) is 11.3 Å². The predicted octanol–water partition coefficient (Wildman–Crippen LogP) is 1.17. The fourth-order valence-corrected chi connectivity index (χ4v) is 3.23. The van der Waals surface area contributed by atoms with Gasteiger partial charge < -0.3 is 10.2 Å². The van der Waals surface area contributed by atoms with Crippen LogP contribution in [0.3, 0.4) is 0 Å². The summed E-state index contributed by atoms with van der Waals surface area (Å²) in [6.45, 7) is 5.90. The van der Waals surface area contributed by atoms with E-state index in [-0.39, 0.29) is 11.7 Å². The third-order valence-corrected chi connectivity index (χ3v) is 4.79. The average molecular weight is 326 g/mol. The Kier molecular flexibility index (Phi) is 4.49. The third kappa shape index (κ3) is 2.74. The van der Waals surface area contributed by atoms with Gasteiger partial charge in [0.25, 0.3) is 0 Å². The minimum absolute atomic E-state index is 0.253. The van der Waals surface area contributed by atoms with Crippen molar-refractivity contribution in [3.05, 3.63) is 28.3 Å². The van der Waals surface area contributed by atoms with Crippen molar-refractivity contribution in [1.82, 2.24) is 19.9 Å². The van der Waals surface area contributed by atoms with Gasteiger partial charge in [-0.25, -0.2) is 9.78 Å². The van der Waals surface area contributed by atoms with Crippen molar-refractivity contribution >= 4 is 16.9 Å². The Morgan fingerprint density at radius 3 is 2.79 bits per heavy atom. The fraction of sp³-hybridized carbons (Fsp3) is 0.529. The first kappa shape index (κ1) is 16.4.